The normalized spacial score (nSPS) is 11.4. The van der Waals surface area contributed by atoms with Gasteiger partial charge >= 0.3 is 12.2 Å². The van der Waals surface area contributed by atoms with Gasteiger partial charge in [-0.05, 0) is 42.0 Å². The van der Waals surface area contributed by atoms with Crippen molar-refractivity contribution in [3.63, 3.8) is 0 Å². The summed E-state index contributed by atoms with van der Waals surface area (Å²) in [6.07, 6.45) is -3.03. The SMILES string of the molecule is FC(F)(F)COc1nc(N/N=C/c2ccc(Br)cc2)nc(N(c2ccccc2)c2ccccc2)n1. The maximum atomic E-state index is 12.8. The number of nitrogens with one attached hydrogen (secondary N) is 1. The molecule has 0 aliphatic heterocycles. The molecule has 7 nitrogen and oxygen atoms in total. The number of aromatic nitrogens is 3. The molecule has 0 saturated carbocycles. The van der Waals surface area contributed by atoms with Crippen molar-refractivity contribution < 1.29 is 17.9 Å². The van der Waals surface area contributed by atoms with Crippen molar-refractivity contribution in [3.8, 4) is 6.01 Å². The first-order valence-corrected chi connectivity index (χ1v) is 11.1. The van der Waals surface area contributed by atoms with Gasteiger partial charge in [0.15, 0.2) is 6.61 Å². The molecule has 0 saturated heterocycles. The molecule has 3 aromatic carbocycles. The van der Waals surface area contributed by atoms with Gasteiger partial charge in [0.2, 0.25) is 5.95 Å². The Kier molecular flexibility index (Phi) is 7.56. The van der Waals surface area contributed by atoms with Crippen molar-refractivity contribution >= 4 is 45.4 Å². The molecule has 0 aliphatic carbocycles. The first kappa shape index (κ1) is 24.1. The molecular weight excluding hydrogens is 525 g/mol. The predicted octanol–water partition coefficient (Wildman–Crippen LogP) is 6.49. The lowest BCUT2D eigenvalue weighted by molar-refractivity contribution is -0.154. The van der Waals surface area contributed by atoms with Crippen LogP contribution in [0.15, 0.2) is 94.5 Å². The number of hydrogen-bond acceptors (Lipinski definition) is 7. The number of halogens is 4. The summed E-state index contributed by atoms with van der Waals surface area (Å²) in [4.78, 5) is 14.2. The van der Waals surface area contributed by atoms with E-state index in [1.165, 1.54) is 6.21 Å². The van der Waals surface area contributed by atoms with Crippen molar-refractivity contribution in [3.05, 3.63) is 95.0 Å². The molecule has 4 rings (SSSR count). The molecule has 0 amide bonds. The van der Waals surface area contributed by atoms with Crippen LogP contribution in [0, 0.1) is 0 Å². The third-order valence-corrected chi connectivity index (χ3v) is 4.97. The zero-order valence-corrected chi connectivity index (χ0v) is 19.6. The first-order valence-electron chi connectivity index (χ1n) is 10.3. The zero-order valence-electron chi connectivity index (χ0n) is 18.0. The van der Waals surface area contributed by atoms with Crippen LogP contribution in [0.25, 0.3) is 0 Å². The van der Waals surface area contributed by atoms with E-state index in [2.05, 4.69) is 41.4 Å². The fraction of sp³-hybridized carbons (Fsp3) is 0.0833. The van der Waals surface area contributed by atoms with Gasteiger partial charge in [-0.2, -0.15) is 33.2 Å². The van der Waals surface area contributed by atoms with Crippen LogP contribution in [-0.4, -0.2) is 33.9 Å². The summed E-state index contributed by atoms with van der Waals surface area (Å²) in [7, 11) is 0. The minimum Gasteiger partial charge on any atom is -0.454 e. The highest BCUT2D eigenvalue weighted by atomic mass is 79.9. The van der Waals surface area contributed by atoms with Gasteiger partial charge in [0.05, 0.1) is 6.21 Å². The van der Waals surface area contributed by atoms with E-state index < -0.39 is 18.8 Å². The topological polar surface area (TPSA) is 75.5 Å². The summed E-state index contributed by atoms with van der Waals surface area (Å²) >= 11 is 3.36. The van der Waals surface area contributed by atoms with Crippen molar-refractivity contribution in [1.82, 2.24) is 15.0 Å². The number of nitrogens with zero attached hydrogens (tertiary/aromatic N) is 5. The second kappa shape index (κ2) is 11.0. The van der Waals surface area contributed by atoms with Crippen LogP contribution < -0.4 is 15.1 Å². The molecular formula is C24H18BrF3N6O. The van der Waals surface area contributed by atoms with Gasteiger partial charge in [0.1, 0.15) is 0 Å². The van der Waals surface area contributed by atoms with Crippen LogP contribution >= 0.6 is 15.9 Å². The first-order chi connectivity index (χ1) is 16.9. The fourth-order valence-electron chi connectivity index (χ4n) is 2.95. The lowest BCUT2D eigenvalue weighted by Gasteiger charge is -2.23. The highest BCUT2D eigenvalue weighted by Crippen LogP contribution is 2.33. The Morgan fingerprint density at radius 2 is 1.46 bits per heavy atom. The van der Waals surface area contributed by atoms with Gasteiger partial charge in [-0.15, -0.1) is 0 Å². The monoisotopic (exact) mass is 542 g/mol. The zero-order chi connectivity index (χ0) is 24.7. The predicted molar refractivity (Wildman–Crippen MR) is 131 cm³/mol. The average Bonchev–Trinajstić information content (AvgIpc) is 2.85. The number of alkyl halides is 3. The second-order valence-corrected chi connectivity index (χ2v) is 7.99. The molecule has 0 radical (unpaired) electrons. The standard InChI is InChI=1S/C24H18BrF3N6O/c25-18-13-11-17(12-14-18)15-29-33-21-30-22(32-23(31-21)35-16-24(26,27)28)34(19-7-3-1-4-8-19)20-9-5-2-6-10-20/h1-15H,16H2,(H,30,31,32,33)/b29-15+. The minimum absolute atomic E-state index is 0.0518. The Hall–Kier alpha value is -3.99. The summed E-state index contributed by atoms with van der Waals surface area (Å²) in [5.74, 6) is -0.0340. The maximum absolute atomic E-state index is 12.8. The molecule has 0 bridgehead atoms. The third-order valence-electron chi connectivity index (χ3n) is 4.44. The molecule has 0 unspecified atom stereocenters. The average molecular weight is 543 g/mol. The summed E-state index contributed by atoms with van der Waals surface area (Å²) in [5.41, 5.74) is 4.82. The van der Waals surface area contributed by atoms with E-state index in [9.17, 15) is 13.2 Å². The number of rotatable bonds is 8. The number of ether oxygens (including phenoxy) is 1. The molecule has 0 spiro atoms. The molecule has 0 fully saturated rings. The number of benzene rings is 3. The number of anilines is 4. The van der Waals surface area contributed by atoms with E-state index in [1.54, 1.807) is 4.90 Å². The fourth-order valence-corrected chi connectivity index (χ4v) is 3.22. The Labute approximate surface area is 207 Å². The Balaban J connectivity index is 1.71. The second-order valence-electron chi connectivity index (χ2n) is 7.07. The van der Waals surface area contributed by atoms with E-state index in [1.807, 2.05) is 84.9 Å². The number of hydrazone groups is 1. The van der Waals surface area contributed by atoms with Gasteiger partial charge in [-0.3, -0.25) is 4.90 Å². The Morgan fingerprint density at radius 3 is 2.03 bits per heavy atom. The smallest absolute Gasteiger partial charge is 0.422 e. The van der Waals surface area contributed by atoms with Gasteiger partial charge in [-0.1, -0.05) is 64.5 Å². The van der Waals surface area contributed by atoms with E-state index in [-0.39, 0.29) is 11.9 Å². The molecule has 4 aromatic rings. The maximum Gasteiger partial charge on any atom is 0.422 e. The lowest BCUT2D eigenvalue weighted by Crippen LogP contribution is -2.21. The van der Waals surface area contributed by atoms with Gasteiger partial charge in [0.25, 0.3) is 5.95 Å². The Morgan fingerprint density at radius 1 is 0.857 bits per heavy atom. The molecule has 1 aromatic heterocycles. The Bertz CT molecular complexity index is 1230. The van der Waals surface area contributed by atoms with Crippen LogP contribution in [0.2, 0.25) is 0 Å². The number of hydrogen-bond donors (Lipinski definition) is 1. The highest BCUT2D eigenvalue weighted by molar-refractivity contribution is 9.10. The summed E-state index contributed by atoms with van der Waals surface area (Å²) in [5, 5.41) is 4.10. The number of para-hydroxylation sites is 2. The van der Waals surface area contributed by atoms with Gasteiger partial charge in [0, 0.05) is 15.8 Å². The third kappa shape index (κ3) is 7.00. The van der Waals surface area contributed by atoms with Crippen molar-refractivity contribution in [1.29, 1.82) is 0 Å². The summed E-state index contributed by atoms with van der Waals surface area (Å²) < 4.78 is 44.2. The van der Waals surface area contributed by atoms with Crippen LogP contribution in [0.1, 0.15) is 5.56 Å². The van der Waals surface area contributed by atoms with Crippen molar-refractivity contribution in [2.24, 2.45) is 5.10 Å². The lowest BCUT2D eigenvalue weighted by atomic mass is 10.2. The minimum atomic E-state index is -4.56. The molecule has 11 heteroatoms. The van der Waals surface area contributed by atoms with Crippen molar-refractivity contribution in [2.45, 2.75) is 6.18 Å². The van der Waals surface area contributed by atoms with Crippen LogP contribution in [0.4, 0.5) is 36.4 Å². The largest absolute Gasteiger partial charge is 0.454 e. The van der Waals surface area contributed by atoms with E-state index in [0.717, 1.165) is 10.0 Å². The van der Waals surface area contributed by atoms with E-state index >= 15 is 0 Å². The molecule has 1 heterocycles. The molecule has 0 aliphatic rings. The van der Waals surface area contributed by atoms with Crippen LogP contribution in [0.5, 0.6) is 6.01 Å². The quantitative estimate of drug-likeness (QED) is 0.202. The van der Waals surface area contributed by atoms with Crippen LogP contribution in [-0.2, 0) is 0 Å². The molecule has 178 valence electrons. The van der Waals surface area contributed by atoms with E-state index in [4.69, 9.17) is 4.74 Å². The highest BCUT2D eigenvalue weighted by Gasteiger charge is 2.29. The van der Waals surface area contributed by atoms with Crippen LogP contribution in [0.3, 0.4) is 0 Å². The van der Waals surface area contributed by atoms with Crippen molar-refractivity contribution in [2.75, 3.05) is 16.9 Å². The van der Waals surface area contributed by atoms with E-state index in [0.29, 0.717) is 11.4 Å². The molecule has 1 N–H and O–H groups in total. The van der Waals surface area contributed by atoms with Gasteiger partial charge < -0.3 is 4.74 Å². The summed E-state index contributed by atoms with van der Waals surface area (Å²) in [6, 6.07) is 25.2. The molecule has 0 atom stereocenters. The summed E-state index contributed by atoms with van der Waals surface area (Å²) in [6.45, 7) is -1.55. The molecule has 35 heavy (non-hydrogen) atoms. The van der Waals surface area contributed by atoms with Gasteiger partial charge in [-0.25, -0.2) is 5.43 Å².